The average Bonchev–Trinajstić information content (AvgIpc) is 3.35. The second kappa shape index (κ2) is 8.74. The molecule has 0 saturated carbocycles. The number of nitrogens with one attached hydrogen (secondary N) is 1. The van der Waals surface area contributed by atoms with E-state index in [2.05, 4.69) is 5.32 Å². The molecule has 1 unspecified atom stereocenters. The Morgan fingerprint density at radius 1 is 1.08 bits per heavy atom. The molecule has 1 saturated heterocycles. The Labute approximate surface area is 208 Å². The number of benzene rings is 3. The standard InChI is InChI=1S/C26H25FN4O4S/c1-26(11-12-36(34,35)15-26)29-25(33)18-5-10-21-22(14-18)31(20-8-6-19(27)7-9-20)30-23(21)16-3-2-4-17(13-16)24(28)32/h2-10,13-14,34-35H,11-12,15H2,1H3,(H2,28,32)(H,29,33). The van der Waals surface area contributed by atoms with Gasteiger partial charge in [-0.3, -0.25) is 18.7 Å². The highest BCUT2D eigenvalue weighted by molar-refractivity contribution is 8.24. The Kier molecular flexibility index (Phi) is 5.82. The Morgan fingerprint density at radius 3 is 2.50 bits per heavy atom. The van der Waals surface area contributed by atoms with Crippen LogP contribution in [0.15, 0.2) is 66.7 Å². The number of amides is 2. The van der Waals surface area contributed by atoms with Crippen LogP contribution in [0.4, 0.5) is 4.39 Å². The largest absolute Gasteiger partial charge is 0.366 e. The second-order valence-corrected chi connectivity index (χ2v) is 11.6. The van der Waals surface area contributed by atoms with Gasteiger partial charge in [-0.05, 0) is 67.9 Å². The first kappa shape index (κ1) is 24.0. The molecule has 3 aromatic carbocycles. The van der Waals surface area contributed by atoms with Gasteiger partial charge in [0, 0.05) is 27.8 Å². The van der Waals surface area contributed by atoms with E-state index in [-0.39, 0.29) is 23.2 Å². The van der Waals surface area contributed by atoms with Gasteiger partial charge in [-0.25, -0.2) is 9.07 Å². The van der Waals surface area contributed by atoms with E-state index in [1.54, 1.807) is 60.1 Å². The van der Waals surface area contributed by atoms with Gasteiger partial charge in [-0.2, -0.15) is 15.7 Å². The summed E-state index contributed by atoms with van der Waals surface area (Å²) < 4.78 is 35.3. The third-order valence-electron chi connectivity index (χ3n) is 6.38. The molecular weight excluding hydrogens is 483 g/mol. The molecule has 1 aliphatic heterocycles. The van der Waals surface area contributed by atoms with E-state index in [4.69, 9.17) is 10.8 Å². The maximum Gasteiger partial charge on any atom is 0.251 e. The van der Waals surface area contributed by atoms with E-state index < -0.39 is 22.0 Å². The Bertz CT molecular complexity index is 1500. The number of hydrogen-bond acceptors (Lipinski definition) is 5. The molecule has 2 heterocycles. The molecule has 1 aliphatic rings. The van der Waals surface area contributed by atoms with Crippen LogP contribution in [0.1, 0.15) is 34.1 Å². The quantitative estimate of drug-likeness (QED) is 0.314. The zero-order chi connectivity index (χ0) is 25.7. The van der Waals surface area contributed by atoms with Crippen LogP contribution >= 0.6 is 10.6 Å². The van der Waals surface area contributed by atoms with Gasteiger partial charge in [0.2, 0.25) is 5.91 Å². The van der Waals surface area contributed by atoms with Gasteiger partial charge < -0.3 is 11.1 Å². The fourth-order valence-electron chi connectivity index (χ4n) is 4.56. The molecule has 5 N–H and O–H groups in total. The third kappa shape index (κ3) is 4.58. The van der Waals surface area contributed by atoms with Crippen LogP contribution < -0.4 is 11.1 Å². The zero-order valence-corrected chi connectivity index (χ0v) is 20.3. The number of carbonyl (C=O) groups is 2. The lowest BCUT2D eigenvalue weighted by molar-refractivity contribution is 0.0914. The molecule has 0 spiro atoms. The van der Waals surface area contributed by atoms with Crippen molar-refractivity contribution in [1.29, 1.82) is 0 Å². The molecule has 8 nitrogen and oxygen atoms in total. The number of hydrogen-bond donors (Lipinski definition) is 4. The number of fused-ring (bicyclic) bond motifs is 1. The topological polar surface area (TPSA) is 130 Å². The molecule has 4 aromatic rings. The monoisotopic (exact) mass is 508 g/mol. The number of halogens is 1. The number of primary amides is 1. The van der Waals surface area contributed by atoms with Gasteiger partial charge in [0.25, 0.3) is 5.91 Å². The predicted molar refractivity (Wildman–Crippen MR) is 138 cm³/mol. The normalized spacial score (nSPS) is 19.8. The van der Waals surface area contributed by atoms with Crippen LogP contribution in [0.25, 0.3) is 27.8 Å². The summed E-state index contributed by atoms with van der Waals surface area (Å²) in [7, 11) is -2.69. The zero-order valence-electron chi connectivity index (χ0n) is 19.4. The maximum absolute atomic E-state index is 13.6. The number of nitrogens with two attached hydrogens (primary N) is 1. The summed E-state index contributed by atoms with van der Waals surface area (Å²) in [6.45, 7) is 1.80. The van der Waals surface area contributed by atoms with Crippen LogP contribution in [0.5, 0.6) is 0 Å². The Hall–Kier alpha value is -3.73. The van der Waals surface area contributed by atoms with E-state index in [1.165, 1.54) is 12.1 Å². The lowest BCUT2D eigenvalue weighted by atomic mass is 10.0. The molecule has 36 heavy (non-hydrogen) atoms. The van der Waals surface area contributed by atoms with E-state index >= 15 is 0 Å². The number of rotatable bonds is 5. The Morgan fingerprint density at radius 2 is 1.83 bits per heavy atom. The first-order chi connectivity index (χ1) is 17.0. The van der Waals surface area contributed by atoms with Crippen LogP contribution in [0, 0.1) is 5.82 Å². The molecule has 1 fully saturated rings. The molecule has 0 aliphatic carbocycles. The first-order valence-electron chi connectivity index (χ1n) is 11.3. The minimum atomic E-state index is -2.69. The van der Waals surface area contributed by atoms with Crippen LogP contribution in [-0.4, -0.2) is 47.7 Å². The molecule has 2 amide bonds. The molecule has 0 radical (unpaired) electrons. The van der Waals surface area contributed by atoms with Gasteiger partial charge >= 0.3 is 0 Å². The van der Waals surface area contributed by atoms with Crippen molar-refractivity contribution in [3.8, 4) is 16.9 Å². The highest BCUT2D eigenvalue weighted by Crippen LogP contribution is 2.50. The van der Waals surface area contributed by atoms with Crippen LogP contribution in [0.3, 0.4) is 0 Å². The van der Waals surface area contributed by atoms with Crippen molar-refractivity contribution >= 4 is 33.3 Å². The lowest BCUT2D eigenvalue weighted by Gasteiger charge is -2.30. The van der Waals surface area contributed by atoms with Crippen molar-refractivity contribution in [3.63, 3.8) is 0 Å². The smallest absolute Gasteiger partial charge is 0.251 e. The van der Waals surface area contributed by atoms with Gasteiger partial charge in [-0.15, -0.1) is 0 Å². The fraction of sp³-hybridized carbons (Fsp3) is 0.192. The molecule has 10 heteroatoms. The highest BCUT2D eigenvalue weighted by atomic mass is 32.3. The summed E-state index contributed by atoms with van der Waals surface area (Å²) in [4.78, 5) is 24.9. The van der Waals surface area contributed by atoms with Gasteiger partial charge in [0.1, 0.15) is 11.5 Å². The predicted octanol–water partition coefficient (Wildman–Crippen LogP) is 4.57. The fourth-order valence-corrected chi connectivity index (χ4v) is 6.71. The molecule has 0 bridgehead atoms. The number of aromatic nitrogens is 2. The van der Waals surface area contributed by atoms with E-state index in [9.17, 15) is 23.1 Å². The van der Waals surface area contributed by atoms with Gasteiger partial charge in [-0.1, -0.05) is 12.1 Å². The van der Waals surface area contributed by atoms with Crippen molar-refractivity contribution < 1.29 is 23.1 Å². The van der Waals surface area contributed by atoms with Gasteiger partial charge in [0.05, 0.1) is 22.5 Å². The third-order valence-corrected chi connectivity index (χ3v) is 8.34. The molecule has 5 rings (SSSR count). The summed E-state index contributed by atoms with van der Waals surface area (Å²) in [5.41, 5.74) is 7.87. The summed E-state index contributed by atoms with van der Waals surface area (Å²) in [6, 6.07) is 17.8. The first-order valence-corrected chi connectivity index (χ1v) is 13.2. The van der Waals surface area contributed by atoms with Crippen molar-refractivity contribution in [1.82, 2.24) is 15.1 Å². The van der Waals surface area contributed by atoms with E-state index in [0.29, 0.717) is 40.0 Å². The SMILES string of the molecule is CC1(NC(=O)c2ccc3c(-c4cccc(C(N)=O)c4)nn(-c4ccc(F)cc4)c3c2)CCS(O)(O)C1. The van der Waals surface area contributed by atoms with E-state index in [1.807, 2.05) is 6.07 Å². The van der Waals surface area contributed by atoms with Crippen molar-refractivity contribution in [3.05, 3.63) is 83.7 Å². The maximum atomic E-state index is 13.6. The van der Waals surface area contributed by atoms with Crippen molar-refractivity contribution in [2.45, 2.75) is 18.9 Å². The van der Waals surface area contributed by atoms with E-state index in [0.717, 1.165) is 5.39 Å². The summed E-state index contributed by atoms with van der Waals surface area (Å²) in [5.74, 6) is -0.924. The molecular formula is C26H25FN4O4S. The van der Waals surface area contributed by atoms with Crippen molar-refractivity contribution in [2.75, 3.05) is 11.5 Å². The summed E-state index contributed by atoms with van der Waals surface area (Å²) >= 11 is 0. The minimum Gasteiger partial charge on any atom is -0.366 e. The minimum absolute atomic E-state index is 0.113. The molecule has 1 atom stereocenters. The summed E-state index contributed by atoms with van der Waals surface area (Å²) in [6.07, 6.45) is 0.469. The number of carbonyl (C=O) groups excluding carboxylic acids is 2. The van der Waals surface area contributed by atoms with Crippen LogP contribution in [-0.2, 0) is 0 Å². The average molecular weight is 509 g/mol. The van der Waals surface area contributed by atoms with Crippen molar-refractivity contribution in [2.24, 2.45) is 5.73 Å². The van der Waals surface area contributed by atoms with Crippen LogP contribution in [0.2, 0.25) is 0 Å². The molecule has 1 aromatic heterocycles. The highest BCUT2D eigenvalue weighted by Gasteiger charge is 2.39. The molecule has 186 valence electrons. The number of nitrogens with zero attached hydrogens (tertiary/aromatic N) is 2. The second-order valence-electron chi connectivity index (χ2n) is 9.33. The van der Waals surface area contributed by atoms with Gasteiger partial charge in [0.15, 0.2) is 0 Å². The summed E-state index contributed by atoms with van der Waals surface area (Å²) in [5, 5.41) is 8.41. The lowest BCUT2D eigenvalue weighted by Crippen LogP contribution is -2.46. The Balaban J connectivity index is 1.60.